The molecule has 0 aromatic heterocycles. The summed E-state index contributed by atoms with van der Waals surface area (Å²) in [5, 5.41) is 10.3. The normalized spacial score (nSPS) is 26.7. The fraction of sp³-hybridized carbons (Fsp3) is 0.286. The molecule has 0 radical (unpaired) electrons. The Balaban J connectivity index is 2.14. The highest BCUT2D eigenvalue weighted by atomic mass is 19.1. The molecule has 0 aliphatic carbocycles. The molecule has 1 aromatic rings. The first-order valence-corrected chi connectivity index (χ1v) is 6.38. The molecule has 2 aliphatic rings. The number of carboxylic acid groups (broad SMARTS) is 1. The van der Waals surface area contributed by atoms with E-state index in [1.165, 1.54) is 12.1 Å². The van der Waals surface area contributed by atoms with Crippen LogP contribution in [0.4, 0.5) is 9.18 Å². The maximum Gasteiger partial charge on any atom is 0.367 e. The lowest BCUT2D eigenvalue weighted by Gasteiger charge is -2.34. The molecule has 110 valence electrons. The molecule has 1 fully saturated rings. The van der Waals surface area contributed by atoms with Crippen LogP contribution in [-0.2, 0) is 15.4 Å². The predicted octanol–water partition coefficient (Wildman–Crippen LogP) is 1.80. The Morgan fingerprint density at radius 2 is 2.29 bits per heavy atom. The molecule has 6 nitrogen and oxygen atoms in total. The van der Waals surface area contributed by atoms with Gasteiger partial charge < -0.3 is 5.11 Å². The van der Waals surface area contributed by atoms with Crippen LogP contribution in [-0.4, -0.2) is 40.2 Å². The number of benzene rings is 1. The Bertz CT molecular complexity index is 635. The van der Waals surface area contributed by atoms with Gasteiger partial charge >= 0.3 is 17.8 Å². The van der Waals surface area contributed by atoms with E-state index in [1.54, 1.807) is 18.2 Å². The van der Waals surface area contributed by atoms with Crippen LogP contribution >= 0.6 is 0 Å². The minimum absolute atomic E-state index is 0.0354. The van der Waals surface area contributed by atoms with E-state index in [-0.39, 0.29) is 18.7 Å². The van der Waals surface area contributed by atoms with Crippen molar-refractivity contribution in [1.82, 2.24) is 9.96 Å². The Morgan fingerprint density at radius 1 is 1.57 bits per heavy atom. The summed E-state index contributed by atoms with van der Waals surface area (Å²) in [4.78, 5) is 29.7. The second-order valence-electron chi connectivity index (χ2n) is 4.83. The highest BCUT2D eigenvalue weighted by Crippen LogP contribution is 2.47. The standard InChI is InChI=1S/C14H13FN2O4/c1-2-7-21-17-11-8-16(13(17)20)14(15,12(18)19)10-6-4-3-5-9(10)11/h2-6,11H,1,7-8H2,(H,18,19). The highest BCUT2D eigenvalue weighted by Gasteiger charge is 2.61. The van der Waals surface area contributed by atoms with Crippen LogP contribution in [0.3, 0.4) is 0 Å². The zero-order chi connectivity index (χ0) is 15.2. The molecule has 2 atom stereocenters. The summed E-state index contributed by atoms with van der Waals surface area (Å²) in [6.45, 7) is 3.49. The van der Waals surface area contributed by atoms with E-state index in [0.29, 0.717) is 10.5 Å². The van der Waals surface area contributed by atoms with Crippen molar-refractivity contribution in [2.24, 2.45) is 0 Å². The molecule has 1 aromatic carbocycles. The summed E-state index contributed by atoms with van der Waals surface area (Å²) in [7, 11) is 0. The lowest BCUT2D eigenvalue weighted by atomic mass is 9.89. The molecule has 2 unspecified atom stereocenters. The summed E-state index contributed by atoms with van der Waals surface area (Å²) >= 11 is 0. The molecule has 0 spiro atoms. The average Bonchev–Trinajstić information content (AvgIpc) is 2.78. The molecule has 2 bridgehead atoms. The van der Waals surface area contributed by atoms with Crippen LogP contribution in [0.1, 0.15) is 17.2 Å². The monoisotopic (exact) mass is 292 g/mol. The van der Waals surface area contributed by atoms with Crippen molar-refractivity contribution < 1.29 is 23.9 Å². The Morgan fingerprint density at radius 3 is 2.95 bits per heavy atom. The minimum atomic E-state index is -2.88. The second kappa shape index (κ2) is 4.56. The van der Waals surface area contributed by atoms with E-state index in [1.807, 2.05) is 0 Å². The molecule has 1 saturated heterocycles. The lowest BCUT2D eigenvalue weighted by Crippen LogP contribution is -2.51. The van der Waals surface area contributed by atoms with Crippen LogP contribution in [0.25, 0.3) is 0 Å². The number of amides is 2. The first kappa shape index (κ1) is 13.6. The van der Waals surface area contributed by atoms with E-state index in [0.717, 1.165) is 5.06 Å². The van der Waals surface area contributed by atoms with Crippen LogP contribution < -0.4 is 0 Å². The number of urea groups is 1. The number of carbonyl (C=O) groups is 2. The van der Waals surface area contributed by atoms with Crippen molar-refractivity contribution in [2.45, 2.75) is 11.8 Å². The largest absolute Gasteiger partial charge is 0.477 e. The fourth-order valence-corrected chi connectivity index (χ4v) is 2.80. The molecular formula is C14H13FN2O4. The molecule has 2 aliphatic heterocycles. The van der Waals surface area contributed by atoms with E-state index < -0.39 is 23.8 Å². The maximum absolute atomic E-state index is 15.1. The number of alkyl halides is 1. The van der Waals surface area contributed by atoms with Gasteiger partial charge in [0.2, 0.25) is 0 Å². The van der Waals surface area contributed by atoms with Gasteiger partial charge in [-0.1, -0.05) is 30.3 Å². The third-order valence-electron chi connectivity index (χ3n) is 3.72. The molecule has 2 amide bonds. The Kier molecular flexibility index (Phi) is 2.94. The van der Waals surface area contributed by atoms with Gasteiger partial charge in [-0.2, -0.15) is 5.06 Å². The maximum atomic E-state index is 15.1. The number of fused-ring (bicyclic) bond motifs is 4. The van der Waals surface area contributed by atoms with Gasteiger partial charge in [-0.3, -0.25) is 9.74 Å². The van der Waals surface area contributed by atoms with Crippen molar-refractivity contribution in [3.8, 4) is 0 Å². The second-order valence-corrected chi connectivity index (χ2v) is 4.83. The van der Waals surface area contributed by atoms with Gasteiger partial charge in [-0.25, -0.2) is 14.0 Å². The summed E-state index contributed by atoms with van der Waals surface area (Å²) < 4.78 is 15.1. The van der Waals surface area contributed by atoms with E-state index in [4.69, 9.17) is 4.84 Å². The first-order valence-electron chi connectivity index (χ1n) is 6.38. The van der Waals surface area contributed by atoms with E-state index in [9.17, 15) is 14.7 Å². The first-order chi connectivity index (χ1) is 10.0. The van der Waals surface area contributed by atoms with Gasteiger partial charge in [0.15, 0.2) is 0 Å². The number of halogens is 1. The van der Waals surface area contributed by atoms with Gasteiger partial charge in [-0.15, -0.1) is 6.58 Å². The van der Waals surface area contributed by atoms with Gasteiger partial charge in [0.25, 0.3) is 0 Å². The third kappa shape index (κ3) is 1.67. The number of nitrogens with zero attached hydrogens (tertiary/aromatic N) is 2. The smallest absolute Gasteiger partial charge is 0.367 e. The minimum Gasteiger partial charge on any atom is -0.477 e. The zero-order valence-corrected chi connectivity index (χ0v) is 11.0. The van der Waals surface area contributed by atoms with Crippen LogP contribution in [0, 0.1) is 0 Å². The average molecular weight is 292 g/mol. The number of carboxylic acids is 1. The van der Waals surface area contributed by atoms with Crippen molar-refractivity contribution in [3.63, 3.8) is 0 Å². The predicted molar refractivity (Wildman–Crippen MR) is 69.7 cm³/mol. The number of rotatable bonds is 4. The number of hydrogen-bond donors (Lipinski definition) is 1. The molecule has 3 rings (SSSR count). The molecule has 7 heteroatoms. The number of carbonyl (C=O) groups excluding carboxylic acids is 1. The van der Waals surface area contributed by atoms with Crippen molar-refractivity contribution in [3.05, 3.63) is 48.0 Å². The number of hydroxylamine groups is 2. The van der Waals surface area contributed by atoms with Crippen molar-refractivity contribution in [2.75, 3.05) is 13.2 Å². The summed E-state index contributed by atoms with van der Waals surface area (Å²) in [5.41, 5.74) is 0.403. The summed E-state index contributed by atoms with van der Waals surface area (Å²) in [5.74, 6) is -4.59. The van der Waals surface area contributed by atoms with Gasteiger partial charge in [-0.05, 0) is 5.56 Å². The van der Waals surface area contributed by atoms with Crippen LogP contribution in [0.5, 0.6) is 0 Å². The molecule has 2 heterocycles. The number of hydrogen-bond acceptors (Lipinski definition) is 3. The SMILES string of the molecule is C=CCON1C(=O)N2CC1c1ccccc1C2(F)C(=O)O. The van der Waals surface area contributed by atoms with Crippen LogP contribution in [0.2, 0.25) is 0 Å². The van der Waals surface area contributed by atoms with Crippen molar-refractivity contribution in [1.29, 1.82) is 0 Å². The summed E-state index contributed by atoms with van der Waals surface area (Å²) in [6.07, 6.45) is 1.46. The quantitative estimate of drug-likeness (QED) is 0.678. The summed E-state index contributed by atoms with van der Waals surface area (Å²) in [6, 6.07) is 4.87. The molecular weight excluding hydrogens is 279 g/mol. The van der Waals surface area contributed by atoms with Gasteiger partial charge in [0.05, 0.1) is 13.2 Å². The molecule has 1 N–H and O–H groups in total. The topological polar surface area (TPSA) is 70.1 Å². The van der Waals surface area contributed by atoms with Gasteiger partial charge in [0.1, 0.15) is 6.04 Å². The van der Waals surface area contributed by atoms with Crippen LogP contribution in [0.15, 0.2) is 36.9 Å². The third-order valence-corrected chi connectivity index (χ3v) is 3.72. The number of aliphatic carboxylic acids is 1. The Hall–Kier alpha value is -2.41. The molecule has 21 heavy (non-hydrogen) atoms. The van der Waals surface area contributed by atoms with E-state index >= 15 is 4.39 Å². The van der Waals surface area contributed by atoms with E-state index in [2.05, 4.69) is 6.58 Å². The fourth-order valence-electron chi connectivity index (χ4n) is 2.80. The van der Waals surface area contributed by atoms with Gasteiger partial charge in [0, 0.05) is 5.56 Å². The lowest BCUT2D eigenvalue weighted by molar-refractivity contribution is -0.164. The Labute approximate surface area is 120 Å². The molecule has 0 saturated carbocycles. The van der Waals surface area contributed by atoms with Crippen molar-refractivity contribution >= 4 is 12.0 Å². The highest BCUT2D eigenvalue weighted by molar-refractivity contribution is 5.89. The zero-order valence-electron chi connectivity index (χ0n) is 11.0.